The van der Waals surface area contributed by atoms with E-state index >= 15 is 0 Å². The molecule has 2 aromatic heterocycles. The van der Waals surface area contributed by atoms with Crippen molar-refractivity contribution in [3.63, 3.8) is 0 Å². The van der Waals surface area contributed by atoms with E-state index in [-0.39, 0.29) is 0 Å². The Labute approximate surface area is 105 Å². The number of rotatable bonds is 3. The lowest BCUT2D eigenvalue weighted by atomic mass is 10.1. The van der Waals surface area contributed by atoms with Crippen molar-refractivity contribution in [2.24, 2.45) is 5.73 Å². The summed E-state index contributed by atoms with van der Waals surface area (Å²) < 4.78 is 1.73. The van der Waals surface area contributed by atoms with Gasteiger partial charge in [0.15, 0.2) is 5.82 Å². The number of hydrogen-bond acceptors (Lipinski definition) is 3. The van der Waals surface area contributed by atoms with Crippen molar-refractivity contribution in [2.45, 2.75) is 19.8 Å². The number of hydrogen-bond donors (Lipinski definition) is 1. The third-order valence-corrected chi connectivity index (χ3v) is 2.70. The summed E-state index contributed by atoms with van der Waals surface area (Å²) in [6.07, 6.45) is 3.57. The van der Waals surface area contributed by atoms with Crippen LogP contribution in [0.2, 0.25) is 0 Å². The van der Waals surface area contributed by atoms with Gasteiger partial charge in [-0.25, -0.2) is 9.67 Å². The SMILES string of the molecule is CC(C)c1ccn(-c2cc(C(N)=S)ccn2)n1. The van der Waals surface area contributed by atoms with Crippen LogP contribution in [0, 0.1) is 0 Å². The summed E-state index contributed by atoms with van der Waals surface area (Å²) in [6.45, 7) is 4.21. The predicted octanol–water partition coefficient (Wildman–Crippen LogP) is 2.02. The summed E-state index contributed by atoms with van der Waals surface area (Å²) in [5.41, 5.74) is 7.42. The van der Waals surface area contributed by atoms with Crippen molar-refractivity contribution in [2.75, 3.05) is 0 Å². The van der Waals surface area contributed by atoms with Gasteiger partial charge in [-0.1, -0.05) is 26.1 Å². The van der Waals surface area contributed by atoms with Gasteiger partial charge in [0.25, 0.3) is 0 Å². The lowest BCUT2D eigenvalue weighted by Gasteiger charge is -2.03. The van der Waals surface area contributed by atoms with Crippen LogP contribution in [0.5, 0.6) is 0 Å². The molecule has 0 saturated heterocycles. The standard InChI is InChI=1S/C12H14N4S/c1-8(2)10-4-6-16(15-10)11-7-9(12(13)17)3-5-14-11/h3-8H,1-2H3,(H2,13,17). The monoisotopic (exact) mass is 246 g/mol. The first-order valence-corrected chi connectivity index (χ1v) is 5.80. The Morgan fingerprint density at radius 2 is 2.18 bits per heavy atom. The summed E-state index contributed by atoms with van der Waals surface area (Å²) in [7, 11) is 0. The zero-order valence-electron chi connectivity index (χ0n) is 9.79. The molecular formula is C12H14N4S. The minimum Gasteiger partial charge on any atom is -0.389 e. The van der Waals surface area contributed by atoms with Crippen molar-refractivity contribution < 1.29 is 0 Å². The Balaban J connectivity index is 2.38. The Bertz CT molecular complexity index is 545. The highest BCUT2D eigenvalue weighted by Gasteiger charge is 2.06. The van der Waals surface area contributed by atoms with Crippen LogP contribution < -0.4 is 5.73 Å². The van der Waals surface area contributed by atoms with Crippen LogP contribution in [-0.2, 0) is 0 Å². The molecule has 0 spiro atoms. The fourth-order valence-corrected chi connectivity index (χ4v) is 1.60. The van der Waals surface area contributed by atoms with Crippen LogP contribution in [-0.4, -0.2) is 19.8 Å². The van der Waals surface area contributed by atoms with Crippen LogP contribution in [0.25, 0.3) is 5.82 Å². The van der Waals surface area contributed by atoms with Gasteiger partial charge in [0, 0.05) is 18.0 Å². The summed E-state index contributed by atoms with van der Waals surface area (Å²) in [5.74, 6) is 1.12. The van der Waals surface area contributed by atoms with Crippen molar-refractivity contribution >= 4 is 17.2 Å². The maximum Gasteiger partial charge on any atom is 0.153 e. The van der Waals surface area contributed by atoms with E-state index in [9.17, 15) is 0 Å². The number of pyridine rings is 1. The molecule has 0 unspecified atom stereocenters. The first-order chi connectivity index (χ1) is 8.08. The van der Waals surface area contributed by atoms with Crippen molar-refractivity contribution in [3.05, 3.63) is 41.9 Å². The summed E-state index contributed by atoms with van der Waals surface area (Å²) in [4.78, 5) is 4.62. The molecule has 0 amide bonds. The van der Waals surface area contributed by atoms with E-state index in [0.29, 0.717) is 10.9 Å². The van der Waals surface area contributed by atoms with Gasteiger partial charge in [0.2, 0.25) is 0 Å². The predicted molar refractivity (Wildman–Crippen MR) is 71.3 cm³/mol. The van der Waals surface area contributed by atoms with E-state index in [2.05, 4.69) is 23.9 Å². The van der Waals surface area contributed by atoms with Crippen LogP contribution in [0.3, 0.4) is 0 Å². The lowest BCUT2D eigenvalue weighted by molar-refractivity contribution is 0.757. The third kappa shape index (κ3) is 2.50. The summed E-state index contributed by atoms with van der Waals surface area (Å²) in [6, 6.07) is 5.61. The van der Waals surface area contributed by atoms with Gasteiger partial charge < -0.3 is 5.73 Å². The average Bonchev–Trinajstić information content (AvgIpc) is 2.78. The van der Waals surface area contributed by atoms with E-state index in [1.165, 1.54) is 0 Å². The zero-order chi connectivity index (χ0) is 12.4. The molecule has 88 valence electrons. The molecule has 2 aromatic rings. The van der Waals surface area contributed by atoms with E-state index in [1.54, 1.807) is 16.9 Å². The van der Waals surface area contributed by atoms with Crippen molar-refractivity contribution in [3.8, 4) is 5.82 Å². The molecule has 2 rings (SSSR count). The number of thiocarbonyl (C=S) groups is 1. The quantitative estimate of drug-likeness (QED) is 0.842. The van der Waals surface area contributed by atoms with Gasteiger partial charge in [-0.2, -0.15) is 5.10 Å². The highest BCUT2D eigenvalue weighted by atomic mass is 32.1. The molecule has 17 heavy (non-hydrogen) atoms. The third-order valence-electron chi connectivity index (χ3n) is 2.47. The summed E-state index contributed by atoms with van der Waals surface area (Å²) >= 11 is 4.94. The van der Waals surface area contributed by atoms with Crippen LogP contribution >= 0.6 is 12.2 Å². The van der Waals surface area contributed by atoms with Crippen LogP contribution in [0.1, 0.15) is 31.0 Å². The summed E-state index contributed by atoms with van der Waals surface area (Å²) in [5, 5.41) is 4.45. The minimum atomic E-state index is 0.366. The molecule has 0 fully saturated rings. The van der Waals surface area contributed by atoms with E-state index in [1.807, 2.05) is 18.3 Å². The molecule has 5 heteroatoms. The van der Waals surface area contributed by atoms with Crippen molar-refractivity contribution in [1.29, 1.82) is 0 Å². The molecule has 0 saturated carbocycles. The van der Waals surface area contributed by atoms with Crippen LogP contribution in [0.4, 0.5) is 0 Å². The lowest BCUT2D eigenvalue weighted by Crippen LogP contribution is -2.10. The Morgan fingerprint density at radius 3 is 2.76 bits per heavy atom. The zero-order valence-corrected chi connectivity index (χ0v) is 10.6. The number of aromatic nitrogens is 3. The van der Waals surface area contributed by atoms with Crippen LogP contribution in [0.15, 0.2) is 30.6 Å². The molecular weight excluding hydrogens is 232 g/mol. The minimum absolute atomic E-state index is 0.366. The molecule has 0 aliphatic rings. The second-order valence-electron chi connectivity index (χ2n) is 4.11. The van der Waals surface area contributed by atoms with E-state index in [0.717, 1.165) is 17.1 Å². The molecule has 0 atom stereocenters. The highest BCUT2D eigenvalue weighted by molar-refractivity contribution is 7.80. The maximum absolute atomic E-state index is 5.59. The second-order valence-corrected chi connectivity index (χ2v) is 4.55. The van der Waals surface area contributed by atoms with Gasteiger partial charge in [-0.05, 0) is 24.1 Å². The van der Waals surface area contributed by atoms with Gasteiger partial charge in [0.05, 0.1) is 5.69 Å². The first-order valence-electron chi connectivity index (χ1n) is 5.39. The fraction of sp³-hybridized carbons (Fsp3) is 0.250. The van der Waals surface area contributed by atoms with E-state index in [4.69, 9.17) is 18.0 Å². The van der Waals surface area contributed by atoms with Gasteiger partial charge in [0.1, 0.15) is 4.99 Å². The normalized spacial score (nSPS) is 10.8. The number of nitrogens with zero attached hydrogens (tertiary/aromatic N) is 3. The second kappa shape index (κ2) is 4.63. The topological polar surface area (TPSA) is 56.7 Å². The van der Waals surface area contributed by atoms with Gasteiger partial charge in [-0.15, -0.1) is 0 Å². The molecule has 4 nitrogen and oxygen atoms in total. The largest absolute Gasteiger partial charge is 0.389 e. The Morgan fingerprint density at radius 1 is 1.41 bits per heavy atom. The average molecular weight is 246 g/mol. The highest BCUT2D eigenvalue weighted by Crippen LogP contribution is 2.13. The Kier molecular flexibility index (Phi) is 3.19. The Hall–Kier alpha value is -1.75. The van der Waals surface area contributed by atoms with Gasteiger partial charge in [-0.3, -0.25) is 0 Å². The number of nitrogens with two attached hydrogens (primary N) is 1. The maximum atomic E-state index is 5.59. The van der Waals surface area contributed by atoms with Crippen molar-refractivity contribution in [1.82, 2.24) is 14.8 Å². The molecule has 2 heterocycles. The first kappa shape index (κ1) is 11.7. The molecule has 2 N–H and O–H groups in total. The molecule has 0 aliphatic heterocycles. The van der Waals surface area contributed by atoms with E-state index < -0.39 is 0 Å². The molecule has 0 aromatic carbocycles. The molecule has 0 aliphatic carbocycles. The molecule has 0 radical (unpaired) electrons. The van der Waals surface area contributed by atoms with Gasteiger partial charge >= 0.3 is 0 Å². The fourth-order valence-electron chi connectivity index (χ4n) is 1.47. The molecule has 0 bridgehead atoms. The smallest absolute Gasteiger partial charge is 0.153 e.